The van der Waals surface area contributed by atoms with Gasteiger partial charge in [-0.15, -0.1) is 0 Å². The van der Waals surface area contributed by atoms with Gasteiger partial charge in [-0.3, -0.25) is 0 Å². The number of aliphatic hydroxyl groups excluding tert-OH is 3. The summed E-state index contributed by atoms with van der Waals surface area (Å²) in [6, 6.07) is 0. The maximum atomic E-state index is 10.0. The van der Waals surface area contributed by atoms with Crippen molar-refractivity contribution < 1.29 is 20.4 Å². The highest BCUT2D eigenvalue weighted by molar-refractivity contribution is 5.26. The molecule has 0 aromatic heterocycles. The molecule has 0 radical (unpaired) electrons. The molecule has 0 amide bonds. The molecule has 3 rings (SSSR count). The van der Waals surface area contributed by atoms with Crippen LogP contribution in [0.1, 0.15) is 91.9 Å². The largest absolute Gasteiger partial charge is 0.390 e. The molecule has 0 aromatic carbocycles. The first kappa shape index (κ1) is 24.0. The van der Waals surface area contributed by atoms with Crippen LogP contribution in [0.25, 0.3) is 0 Å². The van der Waals surface area contributed by atoms with Crippen LogP contribution in [0.4, 0.5) is 0 Å². The number of hydrogen-bond acceptors (Lipinski definition) is 4. The van der Waals surface area contributed by atoms with Crippen molar-refractivity contribution in [2.24, 2.45) is 23.2 Å². The van der Waals surface area contributed by atoms with Crippen LogP contribution >= 0.6 is 0 Å². The first-order chi connectivity index (χ1) is 14.0. The molecule has 7 atom stereocenters. The number of hydrogen-bond donors (Lipinski definition) is 4. The fraction of sp³-hybridized carbons (Fsp3) is 0.846. The van der Waals surface area contributed by atoms with E-state index in [4.69, 9.17) is 0 Å². The Hall–Kier alpha value is -0.680. The van der Waals surface area contributed by atoms with E-state index in [-0.39, 0.29) is 0 Å². The van der Waals surface area contributed by atoms with Crippen molar-refractivity contribution in [3.63, 3.8) is 0 Å². The van der Waals surface area contributed by atoms with Crippen molar-refractivity contribution in [3.8, 4) is 0 Å². The van der Waals surface area contributed by atoms with Crippen molar-refractivity contribution in [2.45, 2.75) is 116 Å². The molecule has 0 aromatic rings. The Morgan fingerprint density at radius 2 is 1.77 bits per heavy atom. The van der Waals surface area contributed by atoms with Crippen LogP contribution in [0, 0.1) is 23.2 Å². The summed E-state index contributed by atoms with van der Waals surface area (Å²) in [6.07, 6.45) is 11.9. The second-order valence-corrected chi connectivity index (χ2v) is 11.4. The van der Waals surface area contributed by atoms with Gasteiger partial charge in [0.25, 0.3) is 0 Å². The fourth-order valence-electron chi connectivity index (χ4n) is 6.75. The molecule has 0 spiro atoms. The molecule has 0 bridgehead atoms. The van der Waals surface area contributed by atoms with Gasteiger partial charge in [-0.2, -0.15) is 0 Å². The summed E-state index contributed by atoms with van der Waals surface area (Å²) in [6.45, 7) is 8.73. The Labute approximate surface area is 183 Å². The quantitative estimate of drug-likeness (QED) is 0.510. The first-order valence-corrected chi connectivity index (χ1v) is 12.2. The molecule has 4 nitrogen and oxygen atoms in total. The van der Waals surface area contributed by atoms with Crippen LogP contribution < -0.4 is 0 Å². The van der Waals surface area contributed by atoms with Gasteiger partial charge in [-0.1, -0.05) is 50.0 Å². The van der Waals surface area contributed by atoms with Gasteiger partial charge in [0.1, 0.15) is 6.10 Å². The van der Waals surface area contributed by atoms with Gasteiger partial charge in [0, 0.05) is 0 Å². The predicted molar refractivity (Wildman–Crippen MR) is 121 cm³/mol. The van der Waals surface area contributed by atoms with Crippen molar-refractivity contribution in [1.82, 2.24) is 0 Å². The minimum absolute atomic E-state index is 0.360. The third kappa shape index (κ3) is 5.38. The molecule has 0 saturated heterocycles. The van der Waals surface area contributed by atoms with Gasteiger partial charge >= 0.3 is 0 Å². The van der Waals surface area contributed by atoms with Crippen LogP contribution in [0.15, 0.2) is 23.3 Å². The smallest absolute Gasteiger partial charge is 0.106 e. The zero-order valence-electron chi connectivity index (χ0n) is 19.5. The highest BCUT2D eigenvalue weighted by Crippen LogP contribution is 2.59. The van der Waals surface area contributed by atoms with E-state index in [0.717, 1.165) is 30.8 Å². The number of rotatable bonds is 6. The van der Waals surface area contributed by atoms with E-state index >= 15 is 0 Å². The van der Waals surface area contributed by atoms with Crippen molar-refractivity contribution in [1.29, 1.82) is 0 Å². The standard InChI is InChI=1S/C26H44O4/c1-17(7-5-13-25(2,3)30)20-11-12-21-19(8-6-14-26(20,21)4)10-9-18-15-22(27)24(29)23(28)16-18/h9-10,17,20-24,27-30H,5-8,11-16H2,1-4H3/b18-9?,19-10+/t17-,20-,21+,22-,23+,24?,26-/m1/s1. The fourth-order valence-corrected chi connectivity index (χ4v) is 6.75. The van der Waals surface area contributed by atoms with Crippen LogP contribution in [-0.4, -0.2) is 44.3 Å². The Balaban J connectivity index is 1.67. The molecule has 4 N–H and O–H groups in total. The maximum Gasteiger partial charge on any atom is 0.106 e. The zero-order valence-corrected chi connectivity index (χ0v) is 19.5. The van der Waals surface area contributed by atoms with Gasteiger partial charge in [-0.05, 0) is 88.4 Å². The monoisotopic (exact) mass is 420 g/mol. The van der Waals surface area contributed by atoms with Crippen LogP contribution in [0.2, 0.25) is 0 Å². The SMILES string of the molecule is C[C@H](CCCC(C)(C)O)[C@H]1CC[C@H]2/C(=C/C=C3C[C@@H](O)C(O)[C@@H](O)C3)CCC[C@]12C. The molecule has 4 heteroatoms. The van der Waals surface area contributed by atoms with Crippen molar-refractivity contribution in [3.05, 3.63) is 23.3 Å². The van der Waals surface area contributed by atoms with Gasteiger partial charge in [0.05, 0.1) is 17.8 Å². The highest BCUT2D eigenvalue weighted by Gasteiger charge is 2.50. The van der Waals surface area contributed by atoms with E-state index in [2.05, 4.69) is 26.0 Å². The lowest BCUT2D eigenvalue weighted by atomic mass is 9.60. The topological polar surface area (TPSA) is 80.9 Å². The first-order valence-electron chi connectivity index (χ1n) is 12.2. The summed E-state index contributed by atoms with van der Waals surface area (Å²) < 4.78 is 0. The Kier molecular flexibility index (Phi) is 7.54. The average Bonchev–Trinajstić information content (AvgIpc) is 3.00. The van der Waals surface area contributed by atoms with Gasteiger partial charge in [0.2, 0.25) is 0 Å². The van der Waals surface area contributed by atoms with Crippen LogP contribution in [-0.2, 0) is 0 Å². The maximum absolute atomic E-state index is 10.0. The summed E-state index contributed by atoms with van der Waals surface area (Å²) in [5, 5.41) is 39.7. The van der Waals surface area contributed by atoms with E-state index in [1.54, 1.807) is 0 Å². The third-order valence-corrected chi connectivity index (χ3v) is 8.44. The summed E-state index contributed by atoms with van der Waals surface area (Å²) in [7, 11) is 0. The Bertz CT molecular complexity index is 632. The lowest BCUT2D eigenvalue weighted by molar-refractivity contribution is -0.0713. The van der Waals surface area contributed by atoms with Crippen molar-refractivity contribution in [2.75, 3.05) is 0 Å². The molecule has 3 saturated carbocycles. The average molecular weight is 421 g/mol. The van der Waals surface area contributed by atoms with Crippen molar-refractivity contribution >= 4 is 0 Å². The van der Waals surface area contributed by atoms with Crippen LogP contribution in [0.3, 0.4) is 0 Å². The molecule has 172 valence electrons. The number of fused-ring (bicyclic) bond motifs is 1. The zero-order chi connectivity index (χ0) is 22.1. The lowest BCUT2D eigenvalue weighted by Gasteiger charge is -2.44. The second kappa shape index (κ2) is 9.44. The molecule has 3 aliphatic rings. The van der Waals surface area contributed by atoms with E-state index in [1.165, 1.54) is 37.7 Å². The summed E-state index contributed by atoms with van der Waals surface area (Å²) >= 11 is 0. The summed E-state index contributed by atoms with van der Waals surface area (Å²) in [4.78, 5) is 0. The molecule has 3 fully saturated rings. The van der Waals surface area contributed by atoms with Crippen LogP contribution in [0.5, 0.6) is 0 Å². The molecule has 0 aliphatic heterocycles. The molecule has 0 heterocycles. The molecular formula is C26H44O4. The summed E-state index contributed by atoms with van der Waals surface area (Å²) in [5.74, 6) is 2.06. The molecule has 3 aliphatic carbocycles. The predicted octanol–water partition coefficient (Wildman–Crippen LogP) is 4.51. The van der Waals surface area contributed by atoms with E-state index < -0.39 is 23.9 Å². The third-order valence-electron chi connectivity index (χ3n) is 8.44. The molecular weight excluding hydrogens is 376 g/mol. The van der Waals surface area contributed by atoms with E-state index in [1.807, 2.05) is 13.8 Å². The number of allylic oxidation sites excluding steroid dienone is 3. The molecule has 1 unspecified atom stereocenters. The number of aliphatic hydroxyl groups is 4. The Morgan fingerprint density at radius 3 is 2.40 bits per heavy atom. The van der Waals surface area contributed by atoms with E-state index in [0.29, 0.717) is 30.1 Å². The van der Waals surface area contributed by atoms with Gasteiger partial charge < -0.3 is 20.4 Å². The normalized spacial score (nSPS) is 41.3. The molecule has 30 heavy (non-hydrogen) atoms. The highest BCUT2D eigenvalue weighted by atomic mass is 16.4. The Morgan fingerprint density at radius 1 is 1.10 bits per heavy atom. The summed E-state index contributed by atoms with van der Waals surface area (Å²) in [5.41, 5.74) is 2.37. The lowest BCUT2D eigenvalue weighted by Crippen LogP contribution is -2.41. The van der Waals surface area contributed by atoms with Gasteiger partial charge in [-0.25, -0.2) is 0 Å². The minimum Gasteiger partial charge on any atom is -0.390 e. The minimum atomic E-state index is -1.03. The van der Waals surface area contributed by atoms with E-state index in [9.17, 15) is 20.4 Å². The van der Waals surface area contributed by atoms with Gasteiger partial charge in [0.15, 0.2) is 0 Å². The second-order valence-electron chi connectivity index (χ2n) is 11.4.